The number of hydrogen-bond acceptors (Lipinski definition) is 8. The smallest absolute Gasteiger partial charge is 0.148 e. The Bertz CT molecular complexity index is 1200. The molecule has 1 atom stereocenters. The molecule has 5 rings (SSSR count). The van der Waals surface area contributed by atoms with Crippen molar-refractivity contribution in [1.29, 1.82) is 0 Å². The van der Waals surface area contributed by atoms with Gasteiger partial charge in [0.2, 0.25) is 0 Å². The number of fused-ring (bicyclic) bond motifs is 1. The van der Waals surface area contributed by atoms with E-state index in [0.717, 1.165) is 67.0 Å². The summed E-state index contributed by atoms with van der Waals surface area (Å²) in [6, 6.07) is 12.7. The van der Waals surface area contributed by atoms with Crippen LogP contribution in [0.15, 0.2) is 48.7 Å². The molecule has 1 aliphatic carbocycles. The van der Waals surface area contributed by atoms with Crippen LogP contribution in [-0.2, 0) is 11.2 Å². The third kappa shape index (κ3) is 5.19. The number of nitrogens with one attached hydrogen (secondary N) is 1. The second-order valence-electron chi connectivity index (χ2n) is 9.34. The first-order chi connectivity index (χ1) is 17.0. The molecule has 3 N–H and O–H groups in total. The van der Waals surface area contributed by atoms with E-state index in [2.05, 4.69) is 45.2 Å². The van der Waals surface area contributed by atoms with Crippen molar-refractivity contribution in [1.82, 2.24) is 20.4 Å². The largest absolute Gasteiger partial charge is 0.489 e. The zero-order valence-corrected chi connectivity index (χ0v) is 21.2. The summed E-state index contributed by atoms with van der Waals surface area (Å²) < 4.78 is 11.2. The summed E-state index contributed by atoms with van der Waals surface area (Å²) in [6.45, 7) is 12.5. The van der Waals surface area contributed by atoms with Crippen molar-refractivity contribution in [3.05, 3.63) is 59.8 Å². The molecule has 1 aromatic heterocycles. The standard InChI is InChI=1S/C27H33N5O2S/c1-17(2)34-25-10-7-19(15-23(25)28)26-30-31-27(35-26)22-6-4-5-21-20(22)8-9-24(21)29-16-18(3)32-11-13-33-14-12-32/h4-7,10,15,17,24,29H,3,8-9,11-14,16,28H2,1-2H3/t24-/m0/s1. The quantitative estimate of drug-likeness (QED) is 0.443. The lowest BCUT2D eigenvalue weighted by atomic mass is 10.0. The number of hydrogen-bond donors (Lipinski definition) is 2. The van der Waals surface area contributed by atoms with Crippen LogP contribution in [0.5, 0.6) is 5.75 Å². The van der Waals surface area contributed by atoms with Gasteiger partial charge in [-0.2, -0.15) is 0 Å². The summed E-state index contributed by atoms with van der Waals surface area (Å²) in [6.07, 6.45) is 2.17. The van der Waals surface area contributed by atoms with Gasteiger partial charge < -0.3 is 25.4 Å². The number of ether oxygens (including phenoxy) is 2. The van der Waals surface area contributed by atoms with Gasteiger partial charge in [0.1, 0.15) is 15.8 Å². The van der Waals surface area contributed by atoms with E-state index in [1.165, 1.54) is 16.7 Å². The third-order valence-corrected chi connectivity index (χ3v) is 7.56. The van der Waals surface area contributed by atoms with Gasteiger partial charge in [0.25, 0.3) is 0 Å². The lowest BCUT2D eigenvalue weighted by molar-refractivity contribution is 0.0527. The van der Waals surface area contributed by atoms with Crippen molar-refractivity contribution < 1.29 is 9.47 Å². The molecule has 0 amide bonds. The highest BCUT2D eigenvalue weighted by atomic mass is 32.1. The summed E-state index contributed by atoms with van der Waals surface area (Å²) in [5.74, 6) is 0.698. The SMILES string of the molecule is C=C(CN[C@H]1CCc2c(-c3nnc(-c4ccc(OC(C)C)c(N)c4)s3)cccc21)N1CCOCC1. The van der Waals surface area contributed by atoms with Crippen LogP contribution < -0.4 is 15.8 Å². The van der Waals surface area contributed by atoms with Crippen LogP contribution in [0.3, 0.4) is 0 Å². The summed E-state index contributed by atoms with van der Waals surface area (Å²) in [5.41, 5.74) is 12.8. The average molecular weight is 492 g/mol. The van der Waals surface area contributed by atoms with E-state index in [1.54, 1.807) is 11.3 Å². The van der Waals surface area contributed by atoms with Crippen LogP contribution in [0.2, 0.25) is 0 Å². The number of nitrogen functional groups attached to an aromatic ring is 1. The van der Waals surface area contributed by atoms with Crippen LogP contribution in [0.25, 0.3) is 21.1 Å². The molecule has 8 heteroatoms. The van der Waals surface area contributed by atoms with E-state index in [4.69, 9.17) is 15.2 Å². The average Bonchev–Trinajstić information content (AvgIpc) is 3.52. The highest BCUT2D eigenvalue weighted by Crippen LogP contribution is 2.40. The fraction of sp³-hybridized carbons (Fsp3) is 0.407. The molecule has 1 saturated heterocycles. The Morgan fingerprint density at radius 3 is 2.80 bits per heavy atom. The number of morpholine rings is 1. The molecule has 7 nitrogen and oxygen atoms in total. The van der Waals surface area contributed by atoms with Gasteiger partial charge in [-0.05, 0) is 56.0 Å². The summed E-state index contributed by atoms with van der Waals surface area (Å²) in [4.78, 5) is 2.32. The Kier molecular flexibility index (Phi) is 7.04. The van der Waals surface area contributed by atoms with Gasteiger partial charge in [-0.3, -0.25) is 0 Å². The van der Waals surface area contributed by atoms with E-state index in [-0.39, 0.29) is 6.10 Å². The molecule has 3 aromatic rings. The second-order valence-corrected chi connectivity index (χ2v) is 10.3. The minimum Gasteiger partial charge on any atom is -0.489 e. The normalized spacial score (nSPS) is 17.6. The fourth-order valence-corrected chi connectivity index (χ4v) is 5.68. The highest BCUT2D eigenvalue weighted by Gasteiger charge is 2.26. The van der Waals surface area contributed by atoms with Crippen molar-refractivity contribution in [3.8, 4) is 26.9 Å². The van der Waals surface area contributed by atoms with Crippen LogP contribution in [0.1, 0.15) is 37.4 Å². The van der Waals surface area contributed by atoms with Crippen molar-refractivity contribution >= 4 is 17.0 Å². The predicted molar refractivity (Wildman–Crippen MR) is 142 cm³/mol. The predicted octanol–water partition coefficient (Wildman–Crippen LogP) is 4.66. The minimum atomic E-state index is 0.0761. The Morgan fingerprint density at radius 2 is 2.03 bits per heavy atom. The Balaban J connectivity index is 1.31. The lowest BCUT2D eigenvalue weighted by Crippen LogP contribution is -2.38. The number of nitrogens with two attached hydrogens (primary N) is 1. The monoisotopic (exact) mass is 491 g/mol. The molecular weight excluding hydrogens is 458 g/mol. The van der Waals surface area contributed by atoms with Gasteiger partial charge in [-0.1, -0.05) is 36.1 Å². The van der Waals surface area contributed by atoms with Crippen molar-refractivity contribution in [2.75, 3.05) is 38.6 Å². The van der Waals surface area contributed by atoms with E-state index in [1.807, 2.05) is 32.0 Å². The molecule has 184 valence electrons. The molecule has 0 radical (unpaired) electrons. The van der Waals surface area contributed by atoms with Crippen LogP contribution in [0, 0.1) is 0 Å². The molecule has 2 aromatic carbocycles. The van der Waals surface area contributed by atoms with Crippen molar-refractivity contribution in [2.45, 2.75) is 38.8 Å². The number of anilines is 1. The maximum absolute atomic E-state index is 6.22. The molecule has 0 spiro atoms. The Morgan fingerprint density at radius 1 is 1.23 bits per heavy atom. The van der Waals surface area contributed by atoms with Crippen LogP contribution in [-0.4, -0.2) is 54.0 Å². The second kappa shape index (κ2) is 10.4. The van der Waals surface area contributed by atoms with Gasteiger partial charge in [0.15, 0.2) is 0 Å². The lowest BCUT2D eigenvalue weighted by Gasteiger charge is -2.31. The highest BCUT2D eigenvalue weighted by molar-refractivity contribution is 7.17. The first-order valence-corrected chi connectivity index (χ1v) is 13.1. The number of rotatable bonds is 8. The molecule has 2 heterocycles. The van der Waals surface area contributed by atoms with E-state index < -0.39 is 0 Å². The van der Waals surface area contributed by atoms with Gasteiger partial charge in [-0.15, -0.1) is 10.2 Å². The first-order valence-electron chi connectivity index (χ1n) is 12.3. The fourth-order valence-electron chi connectivity index (χ4n) is 4.79. The summed E-state index contributed by atoms with van der Waals surface area (Å²) in [5, 5.41) is 14.6. The van der Waals surface area contributed by atoms with Gasteiger partial charge >= 0.3 is 0 Å². The van der Waals surface area contributed by atoms with E-state index in [9.17, 15) is 0 Å². The van der Waals surface area contributed by atoms with E-state index >= 15 is 0 Å². The van der Waals surface area contributed by atoms with Crippen LogP contribution >= 0.6 is 11.3 Å². The molecular formula is C27H33N5O2S. The van der Waals surface area contributed by atoms with Crippen LogP contribution in [0.4, 0.5) is 5.69 Å². The topological polar surface area (TPSA) is 85.5 Å². The number of nitrogens with zero attached hydrogens (tertiary/aromatic N) is 3. The number of benzene rings is 2. The molecule has 0 saturated carbocycles. The Hall–Kier alpha value is -2.94. The molecule has 0 bridgehead atoms. The molecule has 2 aliphatic rings. The van der Waals surface area contributed by atoms with Gasteiger partial charge in [0.05, 0.1) is 25.0 Å². The van der Waals surface area contributed by atoms with Gasteiger partial charge in [0, 0.05) is 42.5 Å². The number of aromatic nitrogens is 2. The molecule has 1 fully saturated rings. The van der Waals surface area contributed by atoms with Gasteiger partial charge in [-0.25, -0.2) is 0 Å². The summed E-state index contributed by atoms with van der Waals surface area (Å²) >= 11 is 1.60. The van der Waals surface area contributed by atoms with Crippen molar-refractivity contribution in [2.24, 2.45) is 0 Å². The first kappa shape index (κ1) is 23.8. The maximum Gasteiger partial charge on any atom is 0.148 e. The molecule has 35 heavy (non-hydrogen) atoms. The van der Waals surface area contributed by atoms with E-state index in [0.29, 0.717) is 17.5 Å². The maximum atomic E-state index is 6.22. The molecule has 1 aliphatic heterocycles. The summed E-state index contributed by atoms with van der Waals surface area (Å²) in [7, 11) is 0. The molecule has 0 unspecified atom stereocenters. The third-order valence-electron chi connectivity index (χ3n) is 6.56. The minimum absolute atomic E-state index is 0.0761. The van der Waals surface area contributed by atoms with Crippen molar-refractivity contribution in [3.63, 3.8) is 0 Å². The zero-order chi connectivity index (χ0) is 24.4. The Labute approximate surface area is 211 Å². The zero-order valence-electron chi connectivity index (χ0n) is 20.4.